The first-order valence-electron chi connectivity index (χ1n) is 3.59. The average Bonchev–Trinajstić information content (AvgIpc) is 2.83. The van der Waals surface area contributed by atoms with Crippen molar-refractivity contribution in [2.75, 3.05) is 24.7 Å². The summed E-state index contributed by atoms with van der Waals surface area (Å²) in [5, 5.41) is 0. The molecule has 3 nitrogen and oxygen atoms in total. The maximum Gasteiger partial charge on any atom is 0.0922 e. The summed E-state index contributed by atoms with van der Waals surface area (Å²) in [5.41, 5.74) is 0. The number of epoxide rings is 2. The van der Waals surface area contributed by atoms with Gasteiger partial charge in [-0.3, -0.25) is 0 Å². The molecule has 12 heavy (non-hydrogen) atoms. The topological polar surface area (TPSA) is 34.3 Å². The number of hydrogen-bond donors (Lipinski definition) is 0. The predicted molar refractivity (Wildman–Crippen MR) is 52.2 cm³/mol. The third-order valence-electron chi connectivity index (χ3n) is 1.41. The largest absolute Gasteiger partial charge is 0.372 e. The van der Waals surface area contributed by atoms with Gasteiger partial charge in [-0.2, -0.15) is 0 Å². The second-order valence-electron chi connectivity index (χ2n) is 2.55. The van der Waals surface area contributed by atoms with Gasteiger partial charge in [-0.05, 0) is 0 Å². The highest BCUT2D eigenvalue weighted by Gasteiger charge is 2.24. The van der Waals surface area contributed by atoms with Crippen LogP contribution >= 0.6 is 24.1 Å². The van der Waals surface area contributed by atoms with Crippen LogP contribution in [-0.4, -0.2) is 36.9 Å². The van der Waals surface area contributed by atoms with Crippen LogP contribution in [0.3, 0.4) is 0 Å². The molecule has 0 aromatic carbocycles. The molecule has 0 bridgehead atoms. The molecule has 0 spiro atoms. The molecule has 0 amide bonds. The Labute approximate surface area is 81.9 Å². The average molecular weight is 210 g/mol. The Morgan fingerprint density at radius 2 is 1.50 bits per heavy atom. The molecule has 0 N–H and O–H groups in total. The van der Waals surface area contributed by atoms with Gasteiger partial charge in [0, 0.05) is 35.6 Å². The molecule has 2 unspecified atom stereocenters. The highest BCUT2D eigenvalue weighted by Crippen LogP contribution is 2.24. The summed E-state index contributed by atoms with van der Waals surface area (Å²) in [6, 6.07) is 0. The Morgan fingerprint density at radius 3 is 1.83 bits per heavy atom. The molecule has 2 heterocycles. The van der Waals surface area contributed by atoms with E-state index in [0.29, 0.717) is 12.2 Å². The molecule has 5 heteroatoms. The maximum absolute atomic E-state index is 5.21. The predicted octanol–water partition coefficient (Wildman–Crippen LogP) is 1.73. The van der Waals surface area contributed by atoms with Gasteiger partial charge in [-0.1, -0.05) is 7.43 Å². The molecule has 0 radical (unpaired) electrons. The first-order valence-corrected chi connectivity index (χ1v) is 5.41. The second-order valence-corrected chi connectivity index (χ2v) is 4.23. The minimum absolute atomic E-state index is 0. The van der Waals surface area contributed by atoms with E-state index in [1.54, 1.807) is 0 Å². The van der Waals surface area contributed by atoms with Gasteiger partial charge in [0.05, 0.1) is 25.4 Å². The van der Waals surface area contributed by atoms with Gasteiger partial charge >= 0.3 is 0 Å². The summed E-state index contributed by atoms with van der Waals surface area (Å²) in [5.74, 6) is 1.91. The van der Waals surface area contributed by atoms with Crippen molar-refractivity contribution in [2.45, 2.75) is 19.6 Å². The van der Waals surface area contributed by atoms with Crippen LogP contribution in [0.2, 0.25) is 0 Å². The third-order valence-corrected chi connectivity index (χ3v) is 3.19. The van der Waals surface area contributed by atoms with Gasteiger partial charge in [0.1, 0.15) is 0 Å². The van der Waals surface area contributed by atoms with Gasteiger partial charge in [-0.25, -0.2) is 3.63 Å². The van der Waals surface area contributed by atoms with Crippen LogP contribution in [0.1, 0.15) is 7.43 Å². The van der Waals surface area contributed by atoms with Crippen LogP contribution in [0, 0.1) is 0 Å². The monoisotopic (exact) mass is 210 g/mol. The first-order chi connectivity index (χ1) is 5.45. The Kier molecular flexibility index (Phi) is 4.74. The van der Waals surface area contributed by atoms with E-state index in [-0.39, 0.29) is 7.43 Å². The summed E-state index contributed by atoms with van der Waals surface area (Å²) in [7, 11) is 0. The van der Waals surface area contributed by atoms with E-state index in [4.69, 9.17) is 13.1 Å². The molecule has 0 aliphatic carbocycles. The summed E-state index contributed by atoms with van der Waals surface area (Å²) in [6.45, 7) is 1.82. The number of hydrogen-bond acceptors (Lipinski definition) is 5. The highest BCUT2D eigenvalue weighted by atomic mass is 32.2. The normalized spacial score (nSPS) is 31.0. The molecule has 2 rings (SSSR count). The Balaban J connectivity index is 0.000000720. The van der Waals surface area contributed by atoms with Crippen molar-refractivity contribution in [3.8, 4) is 0 Å². The fourth-order valence-electron chi connectivity index (χ4n) is 0.570. The zero-order chi connectivity index (χ0) is 7.52. The van der Waals surface area contributed by atoms with Gasteiger partial charge in [0.15, 0.2) is 0 Å². The zero-order valence-corrected chi connectivity index (χ0v) is 7.66. The first kappa shape index (κ1) is 10.7. The third kappa shape index (κ3) is 4.57. The molecule has 0 saturated carbocycles. The molecular weight excluding hydrogens is 196 g/mol. The summed E-state index contributed by atoms with van der Waals surface area (Å²) in [4.78, 5) is 0. The lowest BCUT2D eigenvalue weighted by Gasteiger charge is -1.96. The maximum atomic E-state index is 5.21. The van der Waals surface area contributed by atoms with Crippen molar-refractivity contribution < 1.29 is 13.1 Å². The number of ether oxygens (including phenoxy) is 2. The van der Waals surface area contributed by atoms with Gasteiger partial charge in [0.25, 0.3) is 0 Å². The highest BCUT2D eigenvalue weighted by molar-refractivity contribution is 8.07. The number of rotatable bonds is 6. The van der Waals surface area contributed by atoms with Crippen LogP contribution in [-0.2, 0) is 13.1 Å². The van der Waals surface area contributed by atoms with E-state index in [9.17, 15) is 0 Å². The Morgan fingerprint density at radius 1 is 1.08 bits per heavy atom. The molecule has 2 saturated heterocycles. The van der Waals surface area contributed by atoms with Gasteiger partial charge in [-0.15, -0.1) is 0 Å². The minimum Gasteiger partial charge on any atom is -0.372 e. The van der Waals surface area contributed by atoms with E-state index in [1.165, 1.54) is 24.1 Å². The van der Waals surface area contributed by atoms with E-state index >= 15 is 0 Å². The van der Waals surface area contributed by atoms with Crippen molar-refractivity contribution in [1.82, 2.24) is 0 Å². The fourth-order valence-corrected chi connectivity index (χ4v) is 1.97. The fraction of sp³-hybridized carbons (Fsp3) is 1.00. The van der Waals surface area contributed by atoms with Crippen molar-refractivity contribution in [1.29, 1.82) is 0 Å². The summed E-state index contributed by atoms with van der Waals surface area (Å²) >= 11 is 2.95. The van der Waals surface area contributed by atoms with Crippen molar-refractivity contribution >= 4 is 24.1 Å². The molecule has 0 aromatic rings. The van der Waals surface area contributed by atoms with Crippen LogP contribution < -0.4 is 0 Å². The quantitative estimate of drug-likeness (QED) is 0.379. The van der Waals surface area contributed by atoms with E-state index in [1.807, 2.05) is 0 Å². The van der Waals surface area contributed by atoms with Crippen LogP contribution in [0.25, 0.3) is 0 Å². The smallest absolute Gasteiger partial charge is 0.0922 e. The summed E-state index contributed by atoms with van der Waals surface area (Å²) in [6.07, 6.45) is 0.913. The molecule has 2 aliphatic heterocycles. The molecule has 2 aliphatic rings. The van der Waals surface area contributed by atoms with Crippen LogP contribution in [0.5, 0.6) is 0 Å². The Hall–Kier alpha value is 0.580. The van der Waals surface area contributed by atoms with Crippen LogP contribution in [0.4, 0.5) is 0 Å². The van der Waals surface area contributed by atoms with Crippen LogP contribution in [0.15, 0.2) is 0 Å². The lowest BCUT2D eigenvalue weighted by Crippen LogP contribution is -1.91. The molecule has 2 fully saturated rings. The molecular formula is C7H14O3S2. The minimum atomic E-state index is 0. The van der Waals surface area contributed by atoms with Crippen molar-refractivity contribution in [3.05, 3.63) is 0 Å². The lowest BCUT2D eigenvalue weighted by atomic mass is 10.6. The molecule has 2 atom stereocenters. The lowest BCUT2D eigenvalue weighted by molar-refractivity contribution is 0.424. The van der Waals surface area contributed by atoms with Gasteiger partial charge in [0.2, 0.25) is 0 Å². The van der Waals surface area contributed by atoms with Crippen molar-refractivity contribution in [2.24, 2.45) is 0 Å². The van der Waals surface area contributed by atoms with E-state index in [2.05, 4.69) is 0 Å². The standard InChI is InChI=1S/C6H10O3S2.CH4/c1-5(7-1)3-10-9-11-4-6-2-8-6;/h5-6H,1-4H2;1H4. The molecule has 0 aromatic heterocycles. The molecule has 72 valence electrons. The SMILES string of the molecule is C.C1OC1CSOSCC1CO1. The van der Waals surface area contributed by atoms with E-state index in [0.717, 1.165) is 24.7 Å². The zero-order valence-electron chi connectivity index (χ0n) is 6.02. The summed E-state index contributed by atoms with van der Waals surface area (Å²) < 4.78 is 15.2. The second kappa shape index (κ2) is 5.34. The van der Waals surface area contributed by atoms with Crippen molar-refractivity contribution in [3.63, 3.8) is 0 Å². The van der Waals surface area contributed by atoms with E-state index < -0.39 is 0 Å². The Bertz CT molecular complexity index is 112. The van der Waals surface area contributed by atoms with Gasteiger partial charge < -0.3 is 9.47 Å².